The van der Waals surface area contributed by atoms with Gasteiger partial charge in [-0.15, -0.1) is 0 Å². The number of hydrogen-bond acceptors (Lipinski definition) is 8. The number of rotatable bonds is 9. The molecule has 1 aliphatic rings. The molecule has 1 fully saturated rings. The highest BCUT2D eigenvalue weighted by molar-refractivity contribution is 5.96. The normalized spacial score (nSPS) is 15.4. The molecule has 2 heterocycles. The van der Waals surface area contributed by atoms with Crippen LogP contribution in [0.1, 0.15) is 34.7 Å². The lowest BCUT2D eigenvalue weighted by Gasteiger charge is -2.36. The van der Waals surface area contributed by atoms with E-state index < -0.39 is 0 Å². The molecule has 1 aromatic heterocycles. The van der Waals surface area contributed by atoms with E-state index in [0.29, 0.717) is 61.1 Å². The van der Waals surface area contributed by atoms with Crippen LogP contribution in [0.2, 0.25) is 0 Å². The van der Waals surface area contributed by atoms with Crippen molar-refractivity contribution in [3.63, 3.8) is 0 Å². The van der Waals surface area contributed by atoms with Crippen LogP contribution < -0.4 is 14.2 Å². The Bertz CT molecular complexity index is 1270. The number of carbonyl (C=O) groups excluding carboxylic acids is 2. The van der Waals surface area contributed by atoms with Crippen LogP contribution in [0.15, 0.2) is 42.6 Å². The van der Waals surface area contributed by atoms with Crippen molar-refractivity contribution >= 4 is 22.8 Å². The molecule has 0 saturated carbocycles. The molecule has 4 rings (SSSR count). The lowest BCUT2D eigenvalue weighted by atomic mass is 10.1. The molecule has 0 N–H and O–H groups in total. The standard InChI is InChI=1S/C28H34N4O6/c1-18(2)15-32(27(33)19-12-24(35-3)26(37-5)25(13-19)36-4)17-20-16-31(10-11-38-20)28(34)23-14-29-21-8-6-7-9-22(21)30-23/h6-9,12-14,18,20H,10-11,15-17H2,1-5H3. The summed E-state index contributed by atoms with van der Waals surface area (Å²) in [5.41, 5.74) is 2.10. The van der Waals surface area contributed by atoms with Gasteiger partial charge in [-0.3, -0.25) is 14.6 Å². The highest BCUT2D eigenvalue weighted by Gasteiger charge is 2.30. The fourth-order valence-electron chi connectivity index (χ4n) is 4.55. The van der Waals surface area contributed by atoms with Crippen LogP contribution in [-0.2, 0) is 4.74 Å². The van der Waals surface area contributed by atoms with Gasteiger partial charge in [0.15, 0.2) is 11.5 Å². The van der Waals surface area contributed by atoms with Gasteiger partial charge in [-0.25, -0.2) is 4.98 Å². The summed E-state index contributed by atoms with van der Waals surface area (Å²) in [6, 6.07) is 10.7. The topological polar surface area (TPSA) is 103 Å². The van der Waals surface area contributed by atoms with E-state index >= 15 is 0 Å². The van der Waals surface area contributed by atoms with E-state index in [9.17, 15) is 9.59 Å². The predicted octanol–water partition coefficient (Wildman–Crippen LogP) is 3.30. The highest BCUT2D eigenvalue weighted by atomic mass is 16.5. The van der Waals surface area contributed by atoms with Gasteiger partial charge in [0, 0.05) is 31.7 Å². The van der Waals surface area contributed by atoms with Crippen molar-refractivity contribution in [2.45, 2.75) is 20.0 Å². The second-order valence-electron chi connectivity index (χ2n) is 9.51. The number of ether oxygens (including phenoxy) is 4. The van der Waals surface area contributed by atoms with Crippen LogP contribution in [-0.4, -0.2) is 91.8 Å². The SMILES string of the molecule is COc1cc(C(=O)N(CC(C)C)CC2CN(C(=O)c3cnc4ccccc4n3)CCO2)cc(OC)c1OC. The number of amides is 2. The molecule has 2 aromatic carbocycles. The van der Waals surface area contributed by atoms with Crippen molar-refractivity contribution < 1.29 is 28.5 Å². The predicted molar refractivity (Wildman–Crippen MR) is 142 cm³/mol. The fourth-order valence-corrected chi connectivity index (χ4v) is 4.55. The first-order valence-electron chi connectivity index (χ1n) is 12.6. The number of aromatic nitrogens is 2. The van der Waals surface area contributed by atoms with Gasteiger partial charge in [-0.1, -0.05) is 26.0 Å². The molecule has 1 aliphatic heterocycles. The number of nitrogens with zero attached hydrogens (tertiary/aromatic N) is 4. The zero-order chi connectivity index (χ0) is 27.2. The maximum Gasteiger partial charge on any atom is 0.274 e. The van der Waals surface area contributed by atoms with Crippen molar-refractivity contribution in [2.75, 3.05) is 54.1 Å². The van der Waals surface area contributed by atoms with Gasteiger partial charge < -0.3 is 28.7 Å². The van der Waals surface area contributed by atoms with Crippen molar-refractivity contribution in [1.82, 2.24) is 19.8 Å². The largest absolute Gasteiger partial charge is 0.493 e. The number of fused-ring (bicyclic) bond motifs is 1. The lowest BCUT2D eigenvalue weighted by Crippen LogP contribution is -2.51. The average molecular weight is 523 g/mol. The van der Waals surface area contributed by atoms with Crippen LogP contribution >= 0.6 is 0 Å². The smallest absolute Gasteiger partial charge is 0.274 e. The van der Waals surface area contributed by atoms with E-state index in [1.807, 2.05) is 38.1 Å². The maximum atomic E-state index is 13.7. The zero-order valence-corrected chi connectivity index (χ0v) is 22.5. The van der Waals surface area contributed by atoms with Gasteiger partial charge in [0.1, 0.15) is 5.69 Å². The number of benzene rings is 2. The van der Waals surface area contributed by atoms with E-state index in [0.717, 1.165) is 5.52 Å². The van der Waals surface area contributed by atoms with Crippen molar-refractivity contribution in [3.8, 4) is 17.2 Å². The van der Waals surface area contributed by atoms with Crippen LogP contribution in [0.3, 0.4) is 0 Å². The summed E-state index contributed by atoms with van der Waals surface area (Å²) in [7, 11) is 4.54. The second-order valence-corrected chi connectivity index (χ2v) is 9.51. The monoisotopic (exact) mass is 522 g/mol. The van der Waals surface area contributed by atoms with E-state index in [4.69, 9.17) is 18.9 Å². The second kappa shape index (κ2) is 12.1. The third-order valence-electron chi connectivity index (χ3n) is 6.30. The molecular formula is C28H34N4O6. The first kappa shape index (κ1) is 27.1. The van der Waals surface area contributed by atoms with Gasteiger partial charge in [-0.05, 0) is 30.2 Å². The molecule has 0 bridgehead atoms. The molecule has 10 heteroatoms. The molecule has 38 heavy (non-hydrogen) atoms. The Balaban J connectivity index is 1.52. The lowest BCUT2D eigenvalue weighted by molar-refractivity contribution is -0.0341. The van der Waals surface area contributed by atoms with E-state index in [1.54, 1.807) is 21.9 Å². The Morgan fingerprint density at radius 1 is 1.08 bits per heavy atom. The molecule has 1 atom stereocenters. The minimum atomic E-state index is -0.356. The Labute approximate surface area is 222 Å². The quantitative estimate of drug-likeness (QED) is 0.422. The van der Waals surface area contributed by atoms with Gasteiger partial charge >= 0.3 is 0 Å². The Hall–Kier alpha value is -3.92. The Kier molecular flexibility index (Phi) is 8.62. The summed E-state index contributed by atoms with van der Waals surface area (Å²) in [5, 5.41) is 0. The summed E-state index contributed by atoms with van der Waals surface area (Å²) in [5.74, 6) is 1.05. The molecule has 1 saturated heterocycles. The van der Waals surface area contributed by atoms with Crippen LogP contribution in [0.4, 0.5) is 0 Å². The van der Waals surface area contributed by atoms with Gasteiger partial charge in [0.05, 0.1) is 51.3 Å². The molecule has 0 spiro atoms. The van der Waals surface area contributed by atoms with Gasteiger partial charge in [-0.2, -0.15) is 0 Å². The van der Waals surface area contributed by atoms with Crippen LogP contribution in [0.25, 0.3) is 11.0 Å². The summed E-state index contributed by atoms with van der Waals surface area (Å²) >= 11 is 0. The molecule has 10 nitrogen and oxygen atoms in total. The van der Waals surface area contributed by atoms with Crippen molar-refractivity contribution in [3.05, 3.63) is 53.9 Å². The van der Waals surface area contributed by atoms with Crippen molar-refractivity contribution in [2.24, 2.45) is 5.92 Å². The number of methoxy groups -OCH3 is 3. The van der Waals surface area contributed by atoms with Gasteiger partial charge in [0.25, 0.3) is 11.8 Å². The highest BCUT2D eigenvalue weighted by Crippen LogP contribution is 2.38. The van der Waals surface area contributed by atoms with Crippen molar-refractivity contribution in [1.29, 1.82) is 0 Å². The summed E-state index contributed by atoms with van der Waals surface area (Å²) in [6.07, 6.45) is 1.15. The van der Waals surface area contributed by atoms with Crippen LogP contribution in [0.5, 0.6) is 17.2 Å². The summed E-state index contributed by atoms with van der Waals surface area (Å²) in [4.78, 5) is 39.3. The third-order valence-corrected chi connectivity index (χ3v) is 6.30. The average Bonchev–Trinajstić information content (AvgIpc) is 2.94. The molecule has 0 aliphatic carbocycles. The minimum Gasteiger partial charge on any atom is -0.493 e. The molecule has 0 radical (unpaired) electrons. The number of hydrogen-bond donors (Lipinski definition) is 0. The first-order chi connectivity index (χ1) is 18.3. The summed E-state index contributed by atoms with van der Waals surface area (Å²) < 4.78 is 22.3. The minimum absolute atomic E-state index is 0.189. The third kappa shape index (κ3) is 5.96. The number of carbonyl (C=O) groups is 2. The van der Waals surface area contributed by atoms with E-state index in [1.165, 1.54) is 27.5 Å². The first-order valence-corrected chi connectivity index (χ1v) is 12.6. The molecule has 202 valence electrons. The summed E-state index contributed by atoms with van der Waals surface area (Å²) in [6.45, 7) is 6.07. The molecular weight excluding hydrogens is 488 g/mol. The number of para-hydroxylation sites is 2. The molecule has 1 unspecified atom stereocenters. The Morgan fingerprint density at radius 2 is 1.76 bits per heavy atom. The number of morpholine rings is 1. The van der Waals surface area contributed by atoms with E-state index in [2.05, 4.69) is 9.97 Å². The van der Waals surface area contributed by atoms with Crippen LogP contribution in [0, 0.1) is 5.92 Å². The molecule has 3 aromatic rings. The fraction of sp³-hybridized carbons (Fsp3) is 0.429. The molecule has 2 amide bonds. The Morgan fingerprint density at radius 3 is 2.39 bits per heavy atom. The zero-order valence-electron chi connectivity index (χ0n) is 22.5. The maximum absolute atomic E-state index is 13.7. The van der Waals surface area contributed by atoms with E-state index in [-0.39, 0.29) is 29.5 Å². The van der Waals surface area contributed by atoms with Gasteiger partial charge in [0.2, 0.25) is 5.75 Å².